The first-order chi connectivity index (χ1) is 8.56. The normalized spacial score (nSPS) is 10.4. The molecule has 100 valence electrons. The molecule has 0 aliphatic carbocycles. The summed E-state index contributed by atoms with van der Waals surface area (Å²) in [4.78, 5) is 11.7. The van der Waals surface area contributed by atoms with Gasteiger partial charge in [0.15, 0.2) is 11.6 Å². The standard InChI is InChI=1S/C12H15F2IN2O/c1-2-3-16-4-5-17-12(18)8-6-9(13)10(14)7-11(8)15/h6-7,16H,2-5H2,1H3,(H,17,18). The summed E-state index contributed by atoms with van der Waals surface area (Å²) < 4.78 is 26.3. The Kier molecular flexibility index (Phi) is 6.48. The van der Waals surface area contributed by atoms with Crippen LogP contribution in [0.2, 0.25) is 0 Å². The van der Waals surface area contributed by atoms with E-state index in [0.29, 0.717) is 16.7 Å². The summed E-state index contributed by atoms with van der Waals surface area (Å²) in [5, 5.41) is 5.78. The van der Waals surface area contributed by atoms with E-state index in [1.165, 1.54) is 0 Å². The van der Waals surface area contributed by atoms with Crippen LogP contribution in [0.15, 0.2) is 12.1 Å². The zero-order valence-corrected chi connectivity index (χ0v) is 12.2. The molecule has 1 amide bonds. The van der Waals surface area contributed by atoms with E-state index >= 15 is 0 Å². The SMILES string of the molecule is CCCNCCNC(=O)c1cc(F)c(F)cc1I. The molecule has 0 aliphatic heterocycles. The topological polar surface area (TPSA) is 41.1 Å². The van der Waals surface area contributed by atoms with Crippen LogP contribution in [0.5, 0.6) is 0 Å². The van der Waals surface area contributed by atoms with Gasteiger partial charge in [0.2, 0.25) is 0 Å². The summed E-state index contributed by atoms with van der Waals surface area (Å²) in [6, 6.07) is 1.94. The fourth-order valence-corrected chi connectivity index (χ4v) is 2.03. The van der Waals surface area contributed by atoms with Crippen LogP contribution in [0.1, 0.15) is 23.7 Å². The second-order valence-corrected chi connectivity index (χ2v) is 4.91. The smallest absolute Gasteiger partial charge is 0.252 e. The van der Waals surface area contributed by atoms with Gasteiger partial charge in [0.1, 0.15) is 0 Å². The fourth-order valence-electron chi connectivity index (χ4n) is 1.36. The van der Waals surface area contributed by atoms with Gasteiger partial charge in [-0.15, -0.1) is 0 Å². The first kappa shape index (κ1) is 15.3. The summed E-state index contributed by atoms with van der Waals surface area (Å²) in [5.74, 6) is -2.35. The molecule has 0 bridgehead atoms. The summed E-state index contributed by atoms with van der Waals surface area (Å²) >= 11 is 1.81. The molecule has 0 unspecified atom stereocenters. The zero-order valence-electron chi connectivity index (χ0n) is 10.0. The van der Waals surface area contributed by atoms with E-state index in [-0.39, 0.29) is 5.56 Å². The first-order valence-corrected chi connectivity index (χ1v) is 6.77. The van der Waals surface area contributed by atoms with Crippen LogP contribution < -0.4 is 10.6 Å². The zero-order chi connectivity index (χ0) is 13.5. The lowest BCUT2D eigenvalue weighted by Crippen LogP contribution is -2.32. The Balaban J connectivity index is 2.54. The molecule has 3 nitrogen and oxygen atoms in total. The molecule has 0 spiro atoms. The third-order valence-electron chi connectivity index (χ3n) is 2.27. The second-order valence-electron chi connectivity index (χ2n) is 3.75. The Morgan fingerprint density at radius 1 is 1.22 bits per heavy atom. The average molecular weight is 368 g/mol. The van der Waals surface area contributed by atoms with Crippen LogP contribution in [0.4, 0.5) is 8.78 Å². The number of hydrogen-bond donors (Lipinski definition) is 2. The van der Waals surface area contributed by atoms with Gasteiger partial charge in [-0.3, -0.25) is 4.79 Å². The highest BCUT2D eigenvalue weighted by molar-refractivity contribution is 14.1. The highest BCUT2D eigenvalue weighted by atomic mass is 127. The molecule has 2 N–H and O–H groups in total. The summed E-state index contributed by atoms with van der Waals surface area (Å²) in [6.45, 7) is 4.04. The predicted molar refractivity (Wildman–Crippen MR) is 74.6 cm³/mol. The van der Waals surface area contributed by atoms with E-state index in [2.05, 4.69) is 17.6 Å². The van der Waals surface area contributed by atoms with Gasteiger partial charge in [-0.25, -0.2) is 8.78 Å². The third-order valence-corrected chi connectivity index (χ3v) is 3.16. The largest absolute Gasteiger partial charge is 0.351 e. The summed E-state index contributed by atoms with van der Waals surface area (Å²) in [7, 11) is 0. The van der Waals surface area contributed by atoms with E-state index < -0.39 is 17.5 Å². The molecule has 0 saturated heterocycles. The quantitative estimate of drug-likeness (QED) is 0.460. The number of hydrogen-bond acceptors (Lipinski definition) is 2. The maximum Gasteiger partial charge on any atom is 0.252 e. The Morgan fingerprint density at radius 2 is 1.89 bits per heavy atom. The van der Waals surface area contributed by atoms with Crippen molar-refractivity contribution in [1.29, 1.82) is 0 Å². The highest BCUT2D eigenvalue weighted by Gasteiger charge is 2.13. The molecule has 0 saturated carbocycles. The predicted octanol–water partition coefficient (Wildman–Crippen LogP) is 2.30. The first-order valence-electron chi connectivity index (χ1n) is 5.69. The minimum absolute atomic E-state index is 0.157. The van der Waals surface area contributed by atoms with E-state index in [1.807, 2.05) is 22.6 Å². The lowest BCUT2D eigenvalue weighted by atomic mass is 10.2. The lowest BCUT2D eigenvalue weighted by molar-refractivity contribution is 0.0952. The maximum absolute atomic E-state index is 13.0. The lowest BCUT2D eigenvalue weighted by Gasteiger charge is -2.08. The van der Waals surface area contributed by atoms with Crippen LogP contribution in [-0.2, 0) is 0 Å². The molecule has 0 fully saturated rings. The number of amides is 1. The monoisotopic (exact) mass is 368 g/mol. The van der Waals surface area contributed by atoms with Crippen LogP contribution in [0.3, 0.4) is 0 Å². The van der Waals surface area contributed by atoms with Gasteiger partial charge in [0.25, 0.3) is 5.91 Å². The van der Waals surface area contributed by atoms with Gasteiger partial charge < -0.3 is 10.6 Å². The van der Waals surface area contributed by atoms with E-state index in [9.17, 15) is 13.6 Å². The number of nitrogens with one attached hydrogen (secondary N) is 2. The van der Waals surface area contributed by atoms with Crippen molar-refractivity contribution in [3.05, 3.63) is 32.9 Å². The van der Waals surface area contributed by atoms with E-state index in [4.69, 9.17) is 0 Å². The molecule has 0 atom stereocenters. The van der Waals surface area contributed by atoms with Crippen LogP contribution in [0, 0.1) is 15.2 Å². The van der Waals surface area contributed by atoms with Crippen molar-refractivity contribution in [2.24, 2.45) is 0 Å². The molecular formula is C12H15F2IN2O. The van der Waals surface area contributed by atoms with Crippen molar-refractivity contribution >= 4 is 28.5 Å². The van der Waals surface area contributed by atoms with Gasteiger partial charge >= 0.3 is 0 Å². The van der Waals surface area contributed by atoms with Gasteiger partial charge in [-0.1, -0.05) is 6.92 Å². The van der Waals surface area contributed by atoms with Crippen molar-refractivity contribution in [3.8, 4) is 0 Å². The van der Waals surface area contributed by atoms with Crippen LogP contribution >= 0.6 is 22.6 Å². The number of carbonyl (C=O) groups is 1. The van der Waals surface area contributed by atoms with Crippen molar-refractivity contribution in [2.75, 3.05) is 19.6 Å². The van der Waals surface area contributed by atoms with Gasteiger partial charge in [-0.05, 0) is 47.7 Å². The Labute approximate surface area is 118 Å². The minimum atomic E-state index is -1.01. The Morgan fingerprint density at radius 3 is 2.56 bits per heavy atom. The summed E-state index contributed by atoms with van der Waals surface area (Å²) in [5.41, 5.74) is 0.157. The molecule has 1 aromatic carbocycles. The molecular weight excluding hydrogens is 353 g/mol. The molecule has 0 aliphatic rings. The van der Waals surface area contributed by atoms with Crippen molar-refractivity contribution in [2.45, 2.75) is 13.3 Å². The van der Waals surface area contributed by atoms with Gasteiger partial charge in [0, 0.05) is 16.7 Å². The Bertz CT molecular complexity index is 427. The van der Waals surface area contributed by atoms with Crippen molar-refractivity contribution in [1.82, 2.24) is 10.6 Å². The van der Waals surface area contributed by atoms with Crippen molar-refractivity contribution < 1.29 is 13.6 Å². The van der Waals surface area contributed by atoms with Gasteiger partial charge in [-0.2, -0.15) is 0 Å². The number of rotatable bonds is 6. The molecule has 18 heavy (non-hydrogen) atoms. The van der Waals surface area contributed by atoms with Crippen LogP contribution in [-0.4, -0.2) is 25.5 Å². The Hall–Kier alpha value is -0.760. The third kappa shape index (κ3) is 4.49. The number of carbonyl (C=O) groups excluding carboxylic acids is 1. The molecule has 0 aromatic heterocycles. The second kappa shape index (κ2) is 7.63. The fraction of sp³-hybridized carbons (Fsp3) is 0.417. The molecule has 1 aromatic rings. The van der Waals surface area contributed by atoms with Crippen molar-refractivity contribution in [3.63, 3.8) is 0 Å². The van der Waals surface area contributed by atoms with Crippen LogP contribution in [0.25, 0.3) is 0 Å². The molecule has 1 rings (SSSR count). The maximum atomic E-state index is 13.0. The number of benzene rings is 1. The number of halogens is 3. The average Bonchev–Trinajstić information content (AvgIpc) is 2.33. The van der Waals surface area contributed by atoms with E-state index in [0.717, 1.165) is 25.1 Å². The highest BCUT2D eigenvalue weighted by Crippen LogP contribution is 2.16. The van der Waals surface area contributed by atoms with E-state index in [1.54, 1.807) is 0 Å². The van der Waals surface area contributed by atoms with Gasteiger partial charge in [0.05, 0.1) is 5.56 Å². The molecule has 0 radical (unpaired) electrons. The minimum Gasteiger partial charge on any atom is -0.351 e. The molecule has 0 heterocycles. The molecule has 6 heteroatoms. The summed E-state index contributed by atoms with van der Waals surface area (Å²) in [6.07, 6.45) is 1.02.